The van der Waals surface area contributed by atoms with Gasteiger partial charge in [-0.3, -0.25) is 13.8 Å². The third-order valence-electron chi connectivity index (χ3n) is 9.28. The second-order valence-corrected chi connectivity index (χ2v) is 17.3. The summed E-state index contributed by atoms with van der Waals surface area (Å²) in [4.78, 5) is 26.6. The third-order valence-corrected chi connectivity index (χ3v) is 14.1. The molecule has 12 nitrogen and oxygen atoms in total. The summed E-state index contributed by atoms with van der Waals surface area (Å²) in [6.07, 6.45) is 5.43. The maximum Gasteiger partial charge on any atom is 0.425 e. The second kappa shape index (κ2) is 9.23. The molecule has 228 valence electrons. The molecule has 2 aliphatic heterocycles. The quantitative estimate of drug-likeness (QED) is 0.264. The molecule has 4 saturated carbocycles. The van der Waals surface area contributed by atoms with Crippen molar-refractivity contribution in [3.8, 4) is 21.8 Å². The molecule has 9 rings (SSSR count). The molecule has 16 heteroatoms. The normalized spacial score (nSPS) is 27.4. The van der Waals surface area contributed by atoms with E-state index < -0.39 is 32.7 Å². The molecule has 0 radical (unpaired) electrons. The van der Waals surface area contributed by atoms with Gasteiger partial charge in [0.1, 0.15) is 11.6 Å². The first-order valence-corrected chi connectivity index (χ1v) is 18.2. The zero-order chi connectivity index (χ0) is 29.8. The van der Waals surface area contributed by atoms with Crippen LogP contribution in [0.25, 0.3) is 21.8 Å². The van der Waals surface area contributed by atoms with Gasteiger partial charge in [0.15, 0.2) is 5.82 Å². The van der Waals surface area contributed by atoms with Crippen molar-refractivity contribution in [2.24, 2.45) is 11.3 Å². The number of amides is 1. The maximum absolute atomic E-state index is 16.1. The Morgan fingerprint density at radius 1 is 1.12 bits per heavy atom. The van der Waals surface area contributed by atoms with E-state index in [0.29, 0.717) is 43.9 Å². The Hall–Kier alpha value is -3.05. The summed E-state index contributed by atoms with van der Waals surface area (Å²) in [6, 6.07) is 6.26. The first kappa shape index (κ1) is 27.5. The number of rotatable bonds is 8. The van der Waals surface area contributed by atoms with E-state index in [2.05, 4.69) is 15.0 Å². The van der Waals surface area contributed by atoms with E-state index in [4.69, 9.17) is 14.7 Å². The van der Waals surface area contributed by atoms with Crippen LogP contribution in [-0.2, 0) is 20.4 Å². The molecule has 0 atom stereocenters. The van der Waals surface area contributed by atoms with E-state index in [9.17, 15) is 22.3 Å². The number of aromatic nitrogens is 3. The number of carbonyl (C=O) groups excluding carboxylic acids is 1. The number of benzene rings is 1. The first-order valence-electron chi connectivity index (χ1n) is 14.0. The first-order chi connectivity index (χ1) is 20.4. The van der Waals surface area contributed by atoms with Crippen molar-refractivity contribution in [2.75, 3.05) is 34.7 Å². The number of nitrogens with zero attached hydrogens (tertiary/aromatic N) is 4. The highest BCUT2D eigenvalue weighted by molar-refractivity contribution is 8.25. The van der Waals surface area contributed by atoms with Gasteiger partial charge in [-0.05, 0) is 56.2 Å². The van der Waals surface area contributed by atoms with Crippen molar-refractivity contribution < 1.29 is 31.4 Å². The molecule has 1 aromatic carbocycles. The van der Waals surface area contributed by atoms with Crippen molar-refractivity contribution in [1.82, 2.24) is 19.3 Å². The highest BCUT2D eigenvalue weighted by atomic mass is 32.3. The fraction of sp³-hybridized carbons (Fsp3) is 0.481. The van der Waals surface area contributed by atoms with E-state index >= 15 is 4.39 Å². The number of halogens is 1. The lowest BCUT2D eigenvalue weighted by atomic mass is 9.45. The second-order valence-electron chi connectivity index (χ2n) is 12.5. The topological polar surface area (TPSA) is 167 Å². The Kier molecular flexibility index (Phi) is 5.90. The molecule has 6 fully saturated rings. The summed E-state index contributed by atoms with van der Waals surface area (Å²) in [6.45, 7) is -0.227. The average molecular weight is 649 g/mol. The predicted octanol–water partition coefficient (Wildman–Crippen LogP) is 4.89. The van der Waals surface area contributed by atoms with Crippen LogP contribution in [0.5, 0.6) is 0 Å². The van der Waals surface area contributed by atoms with E-state index in [1.165, 1.54) is 23.5 Å². The van der Waals surface area contributed by atoms with E-state index in [-0.39, 0.29) is 41.3 Å². The molecule has 4 aliphatic carbocycles. The minimum Gasteiger partial charge on any atom is -0.447 e. The largest absolute Gasteiger partial charge is 0.447 e. The van der Waals surface area contributed by atoms with Crippen LogP contribution in [0.15, 0.2) is 30.5 Å². The van der Waals surface area contributed by atoms with Gasteiger partial charge in [0.25, 0.3) is 0 Å². The molecule has 2 bridgehead atoms. The van der Waals surface area contributed by atoms with Crippen LogP contribution in [0.2, 0.25) is 0 Å². The number of anilines is 2. The number of hydrogen-bond donors (Lipinski definition) is 4. The molecule has 4 heterocycles. The minimum absolute atomic E-state index is 0.00186. The Morgan fingerprint density at radius 2 is 1.88 bits per heavy atom. The minimum atomic E-state index is -4.38. The summed E-state index contributed by atoms with van der Waals surface area (Å²) in [7, 11) is -6.79. The highest BCUT2D eigenvalue weighted by Crippen LogP contribution is 2.67. The fourth-order valence-corrected chi connectivity index (χ4v) is 12.0. The van der Waals surface area contributed by atoms with Crippen LogP contribution in [0.4, 0.5) is 20.8 Å². The number of carbonyl (C=O) groups is 1. The average Bonchev–Trinajstić information content (AvgIpc) is 3.48. The number of nitrogens with one attached hydrogen (secondary N) is 2. The van der Waals surface area contributed by atoms with Gasteiger partial charge in [-0.25, -0.2) is 24.1 Å². The molecule has 6 aliphatic rings. The van der Waals surface area contributed by atoms with E-state index in [0.717, 1.165) is 37.1 Å². The van der Waals surface area contributed by atoms with Crippen molar-refractivity contribution in [1.29, 1.82) is 0 Å². The van der Waals surface area contributed by atoms with Gasteiger partial charge in [-0.2, -0.15) is 23.3 Å². The summed E-state index contributed by atoms with van der Waals surface area (Å²) < 4.78 is 68.8. The molecule has 2 saturated heterocycles. The Bertz CT molecular complexity index is 1750. The smallest absolute Gasteiger partial charge is 0.425 e. The van der Waals surface area contributed by atoms with Crippen molar-refractivity contribution >= 4 is 49.9 Å². The molecule has 2 aromatic heterocycles. The SMILES string of the molecule is O=C1OCCN1S(=O)(=O)Nc1cccc(-c2nc(C34CC(C3)C4)sc2-c2ccnc(NC3CC4(C3)CS(O)(O)C4)n2)c1F. The van der Waals surface area contributed by atoms with E-state index in [1.54, 1.807) is 18.3 Å². The lowest BCUT2D eigenvalue weighted by Crippen LogP contribution is -2.57. The molecular formula is C27H29FN6O6S3. The monoisotopic (exact) mass is 648 g/mol. The van der Waals surface area contributed by atoms with Gasteiger partial charge >= 0.3 is 16.3 Å². The van der Waals surface area contributed by atoms with Crippen molar-refractivity contribution in [3.05, 3.63) is 41.3 Å². The third kappa shape index (κ3) is 4.48. The molecule has 4 N–H and O–H groups in total. The zero-order valence-corrected chi connectivity index (χ0v) is 25.3. The Labute approximate surface area is 252 Å². The standard InChI is InChI=1S/C27H29FN6O6S3/c28-20-17(2-1-3-18(20)33-43(38,39)34-6-7-40-25(34)35)21-22(41-23(32-21)27-8-15(9-27)10-27)19-4-5-29-24(31-19)30-16-11-26(12-16)13-42(36,37)14-26/h1-5,15-16,33,36-37H,6-14H2,(H,29,30,31). The van der Waals surface area contributed by atoms with Crippen LogP contribution in [0.3, 0.4) is 0 Å². The number of ether oxygens (including phenoxy) is 1. The van der Waals surface area contributed by atoms with Gasteiger partial charge in [0.2, 0.25) is 5.95 Å². The van der Waals surface area contributed by atoms with Gasteiger partial charge in [0.05, 0.1) is 28.5 Å². The van der Waals surface area contributed by atoms with Crippen LogP contribution in [-0.4, -0.2) is 73.6 Å². The number of thiazole rings is 1. The van der Waals surface area contributed by atoms with Crippen molar-refractivity contribution in [3.63, 3.8) is 0 Å². The fourth-order valence-electron chi connectivity index (χ4n) is 7.23. The Morgan fingerprint density at radius 3 is 2.53 bits per heavy atom. The van der Waals surface area contributed by atoms with Crippen LogP contribution in [0.1, 0.15) is 37.1 Å². The molecule has 1 spiro atoms. The van der Waals surface area contributed by atoms with Gasteiger partial charge in [0, 0.05) is 40.1 Å². The van der Waals surface area contributed by atoms with E-state index in [1.807, 2.05) is 0 Å². The zero-order valence-electron chi connectivity index (χ0n) is 22.8. The number of cyclic esters (lactones) is 1. The summed E-state index contributed by atoms with van der Waals surface area (Å²) in [5.41, 5.74) is 0.749. The Balaban J connectivity index is 1.11. The van der Waals surface area contributed by atoms with Crippen LogP contribution >= 0.6 is 21.9 Å². The molecule has 1 amide bonds. The lowest BCUT2D eigenvalue weighted by molar-refractivity contribution is -0.0274. The van der Waals surface area contributed by atoms with Crippen molar-refractivity contribution in [2.45, 2.75) is 43.6 Å². The molecule has 0 unspecified atom stereocenters. The van der Waals surface area contributed by atoms with Gasteiger partial charge < -0.3 is 10.1 Å². The predicted molar refractivity (Wildman–Crippen MR) is 160 cm³/mol. The van der Waals surface area contributed by atoms with Gasteiger partial charge in [-0.1, -0.05) is 6.07 Å². The maximum atomic E-state index is 16.1. The lowest BCUT2D eigenvalue weighted by Gasteiger charge is -2.63. The molecule has 43 heavy (non-hydrogen) atoms. The van der Waals surface area contributed by atoms with Crippen LogP contribution < -0.4 is 10.0 Å². The summed E-state index contributed by atoms with van der Waals surface area (Å²) >= 11 is 1.48. The molecular weight excluding hydrogens is 620 g/mol. The van der Waals surface area contributed by atoms with Gasteiger partial charge in [-0.15, -0.1) is 11.3 Å². The van der Waals surface area contributed by atoms with Crippen LogP contribution in [0, 0.1) is 17.2 Å². The summed E-state index contributed by atoms with van der Waals surface area (Å²) in [5.74, 6) is 1.24. The highest BCUT2D eigenvalue weighted by Gasteiger charge is 2.59. The number of hydrogen-bond acceptors (Lipinski definition) is 11. The summed E-state index contributed by atoms with van der Waals surface area (Å²) in [5, 5.41) is 4.28. The molecule has 3 aromatic rings.